The maximum absolute atomic E-state index is 11.6. The Labute approximate surface area is 127 Å². The minimum atomic E-state index is -0.523. The van der Waals surface area contributed by atoms with E-state index in [-0.39, 0.29) is 10.6 Å². The highest BCUT2D eigenvalue weighted by Crippen LogP contribution is 2.35. The largest absolute Gasteiger partial charge is 0.465 e. The molecule has 108 valence electrons. The van der Waals surface area contributed by atoms with Crippen molar-refractivity contribution >= 4 is 28.0 Å². The van der Waals surface area contributed by atoms with E-state index in [0.29, 0.717) is 17.1 Å². The Hall–Kier alpha value is -2.52. The number of carbonyl (C=O) groups is 1. The van der Waals surface area contributed by atoms with Crippen LogP contribution >= 0.6 is 11.3 Å². The van der Waals surface area contributed by atoms with E-state index in [4.69, 9.17) is 11.0 Å². The van der Waals surface area contributed by atoms with Gasteiger partial charge in [-0.05, 0) is 12.0 Å². The molecule has 1 aromatic heterocycles. The van der Waals surface area contributed by atoms with E-state index < -0.39 is 5.97 Å². The number of ether oxygens (including phenoxy) is 1. The number of methoxy groups -OCH3 is 1. The minimum Gasteiger partial charge on any atom is -0.465 e. The molecular formula is C15H15N3O2S. The molecule has 0 spiro atoms. The molecule has 0 aliphatic rings. The normalized spacial score (nSPS) is 9.90. The second-order valence-electron chi connectivity index (χ2n) is 4.31. The summed E-state index contributed by atoms with van der Waals surface area (Å²) in [5.41, 5.74) is 7.49. The second kappa shape index (κ2) is 6.77. The van der Waals surface area contributed by atoms with Gasteiger partial charge >= 0.3 is 5.97 Å². The predicted molar refractivity (Wildman–Crippen MR) is 83.4 cm³/mol. The summed E-state index contributed by atoms with van der Waals surface area (Å²) in [7, 11) is 1.29. The topological polar surface area (TPSA) is 88.1 Å². The number of nitrogens with one attached hydrogen (secondary N) is 1. The molecule has 3 N–H and O–H groups in total. The minimum absolute atomic E-state index is 0.177. The van der Waals surface area contributed by atoms with Gasteiger partial charge in [-0.3, -0.25) is 0 Å². The lowest BCUT2D eigenvalue weighted by Gasteiger charge is -2.04. The quantitative estimate of drug-likeness (QED) is 0.829. The van der Waals surface area contributed by atoms with Crippen LogP contribution in [0.1, 0.15) is 20.8 Å². The third-order valence-corrected chi connectivity index (χ3v) is 4.11. The Balaban J connectivity index is 2.10. The molecule has 0 bridgehead atoms. The van der Waals surface area contributed by atoms with E-state index in [2.05, 4.69) is 10.1 Å². The van der Waals surface area contributed by atoms with Crippen molar-refractivity contribution < 1.29 is 9.53 Å². The number of carbonyl (C=O) groups excluding carboxylic acids is 1. The van der Waals surface area contributed by atoms with Gasteiger partial charge in [0.25, 0.3) is 0 Å². The van der Waals surface area contributed by atoms with Crippen molar-refractivity contribution in [2.45, 2.75) is 6.42 Å². The number of esters is 1. The summed E-state index contributed by atoms with van der Waals surface area (Å²) in [5.74, 6) is -0.523. The van der Waals surface area contributed by atoms with E-state index >= 15 is 0 Å². The first-order valence-electron chi connectivity index (χ1n) is 6.35. The standard InChI is InChI=1S/C15H15N3O2S/c1-20-15(19)13-12(17)11(9-16)14(21-13)18-8-7-10-5-3-2-4-6-10/h2-6,18H,7-8,17H2,1H3. The van der Waals surface area contributed by atoms with Crippen LogP contribution in [0.15, 0.2) is 30.3 Å². The van der Waals surface area contributed by atoms with Crippen LogP contribution in [0.4, 0.5) is 10.7 Å². The molecule has 0 unspecified atom stereocenters. The van der Waals surface area contributed by atoms with Gasteiger partial charge in [-0.1, -0.05) is 30.3 Å². The van der Waals surface area contributed by atoms with Crippen molar-refractivity contribution in [3.63, 3.8) is 0 Å². The Kier molecular flexibility index (Phi) is 4.80. The molecular weight excluding hydrogens is 286 g/mol. The summed E-state index contributed by atoms with van der Waals surface area (Å²) in [6.45, 7) is 0.652. The molecule has 0 saturated heterocycles. The van der Waals surface area contributed by atoms with Crippen LogP contribution in [0, 0.1) is 11.3 Å². The van der Waals surface area contributed by atoms with E-state index in [1.807, 2.05) is 36.4 Å². The number of nitriles is 1. The van der Waals surface area contributed by atoms with E-state index in [0.717, 1.165) is 17.8 Å². The van der Waals surface area contributed by atoms with Crippen LogP contribution < -0.4 is 11.1 Å². The van der Waals surface area contributed by atoms with E-state index in [9.17, 15) is 4.79 Å². The number of hydrogen-bond donors (Lipinski definition) is 2. The lowest BCUT2D eigenvalue weighted by Crippen LogP contribution is -2.04. The zero-order chi connectivity index (χ0) is 15.2. The number of nitrogens with two attached hydrogens (primary N) is 1. The summed E-state index contributed by atoms with van der Waals surface area (Å²) in [4.78, 5) is 11.8. The van der Waals surface area contributed by atoms with E-state index in [1.54, 1.807) is 0 Å². The Bertz CT molecular complexity index is 674. The van der Waals surface area contributed by atoms with Gasteiger partial charge in [0.2, 0.25) is 0 Å². The second-order valence-corrected chi connectivity index (χ2v) is 5.34. The molecule has 0 saturated carbocycles. The number of thiophene rings is 1. The molecule has 1 aromatic carbocycles. The first-order chi connectivity index (χ1) is 10.2. The van der Waals surface area contributed by atoms with Crippen LogP contribution in [-0.2, 0) is 11.2 Å². The molecule has 0 radical (unpaired) electrons. The summed E-state index contributed by atoms with van der Waals surface area (Å²) in [6.07, 6.45) is 0.817. The molecule has 2 aromatic rings. The summed E-state index contributed by atoms with van der Waals surface area (Å²) in [5, 5.41) is 12.9. The molecule has 0 fully saturated rings. The third kappa shape index (κ3) is 3.33. The van der Waals surface area contributed by atoms with E-state index in [1.165, 1.54) is 12.7 Å². The van der Waals surface area contributed by atoms with Crippen molar-refractivity contribution in [1.29, 1.82) is 5.26 Å². The van der Waals surface area contributed by atoms with Gasteiger partial charge in [0.05, 0.1) is 12.8 Å². The number of rotatable bonds is 5. The van der Waals surface area contributed by atoms with Gasteiger partial charge in [0.1, 0.15) is 21.5 Å². The zero-order valence-electron chi connectivity index (χ0n) is 11.6. The monoisotopic (exact) mass is 301 g/mol. The highest BCUT2D eigenvalue weighted by Gasteiger charge is 2.21. The molecule has 5 nitrogen and oxygen atoms in total. The first-order valence-corrected chi connectivity index (χ1v) is 7.17. The summed E-state index contributed by atoms with van der Waals surface area (Å²) in [6, 6.07) is 12.0. The lowest BCUT2D eigenvalue weighted by molar-refractivity contribution is 0.0607. The van der Waals surface area contributed by atoms with Gasteiger partial charge < -0.3 is 15.8 Å². The lowest BCUT2D eigenvalue weighted by atomic mass is 10.1. The number of hydrogen-bond acceptors (Lipinski definition) is 6. The number of nitrogens with zero attached hydrogens (tertiary/aromatic N) is 1. The molecule has 0 amide bonds. The van der Waals surface area contributed by atoms with Crippen LogP contribution in [-0.4, -0.2) is 19.6 Å². The highest BCUT2D eigenvalue weighted by molar-refractivity contribution is 7.18. The zero-order valence-corrected chi connectivity index (χ0v) is 12.4. The van der Waals surface area contributed by atoms with Crippen LogP contribution in [0.5, 0.6) is 0 Å². The molecule has 2 rings (SSSR count). The third-order valence-electron chi connectivity index (χ3n) is 2.97. The number of benzene rings is 1. The SMILES string of the molecule is COC(=O)c1sc(NCCc2ccccc2)c(C#N)c1N. The van der Waals surface area contributed by atoms with Crippen LogP contribution in [0.25, 0.3) is 0 Å². The van der Waals surface area contributed by atoms with Crippen LogP contribution in [0.2, 0.25) is 0 Å². The average molecular weight is 301 g/mol. The summed E-state index contributed by atoms with van der Waals surface area (Å²) < 4.78 is 4.66. The Morgan fingerprint density at radius 2 is 2.14 bits per heavy atom. The molecule has 0 aliphatic carbocycles. The molecule has 1 heterocycles. The fraction of sp³-hybridized carbons (Fsp3) is 0.200. The number of anilines is 2. The smallest absolute Gasteiger partial charge is 0.350 e. The summed E-state index contributed by atoms with van der Waals surface area (Å²) >= 11 is 1.15. The average Bonchev–Trinajstić information content (AvgIpc) is 2.83. The fourth-order valence-corrected chi connectivity index (χ4v) is 2.90. The van der Waals surface area contributed by atoms with Crippen molar-refractivity contribution in [2.24, 2.45) is 0 Å². The van der Waals surface area contributed by atoms with Crippen molar-refractivity contribution in [3.8, 4) is 6.07 Å². The van der Waals surface area contributed by atoms with Crippen molar-refractivity contribution in [2.75, 3.05) is 24.7 Å². The highest BCUT2D eigenvalue weighted by atomic mass is 32.1. The number of nitrogen functional groups attached to an aromatic ring is 1. The van der Waals surface area contributed by atoms with Gasteiger partial charge in [0, 0.05) is 6.54 Å². The predicted octanol–water partition coefficient (Wildman–Crippen LogP) is 2.64. The Morgan fingerprint density at radius 1 is 1.43 bits per heavy atom. The van der Waals surface area contributed by atoms with Gasteiger partial charge in [-0.25, -0.2) is 4.79 Å². The molecule has 21 heavy (non-hydrogen) atoms. The maximum Gasteiger partial charge on any atom is 0.350 e. The van der Waals surface area contributed by atoms with Gasteiger partial charge in [0.15, 0.2) is 0 Å². The van der Waals surface area contributed by atoms with Gasteiger partial charge in [-0.2, -0.15) is 5.26 Å². The molecule has 0 aliphatic heterocycles. The fourth-order valence-electron chi connectivity index (χ4n) is 1.89. The van der Waals surface area contributed by atoms with Crippen LogP contribution in [0.3, 0.4) is 0 Å². The first kappa shape index (κ1) is 14.9. The maximum atomic E-state index is 11.6. The molecule has 0 atom stereocenters. The van der Waals surface area contributed by atoms with Crippen molar-refractivity contribution in [3.05, 3.63) is 46.3 Å². The Morgan fingerprint density at radius 3 is 2.76 bits per heavy atom. The van der Waals surface area contributed by atoms with Gasteiger partial charge in [-0.15, -0.1) is 11.3 Å². The van der Waals surface area contributed by atoms with Crippen molar-refractivity contribution in [1.82, 2.24) is 0 Å². The molecule has 6 heteroatoms.